The molecular weight excluding hydrogens is 414 g/mol. The van der Waals surface area contributed by atoms with Crippen LogP contribution in [0.1, 0.15) is 11.1 Å². The van der Waals surface area contributed by atoms with Crippen LogP contribution in [0.3, 0.4) is 0 Å². The molecule has 3 heterocycles. The number of morpholine rings is 1. The average Bonchev–Trinajstić information content (AvgIpc) is 3.37. The second kappa shape index (κ2) is 9.41. The predicted molar refractivity (Wildman–Crippen MR) is 126 cm³/mol. The van der Waals surface area contributed by atoms with Crippen LogP contribution >= 0.6 is 0 Å². The Kier molecular flexibility index (Phi) is 6.03. The highest BCUT2D eigenvalue weighted by molar-refractivity contribution is 5.90. The molecule has 5 rings (SSSR count). The number of imidazole rings is 1. The van der Waals surface area contributed by atoms with Crippen molar-refractivity contribution in [2.45, 2.75) is 6.42 Å². The molecule has 0 saturated carbocycles. The first kappa shape index (κ1) is 21.1. The van der Waals surface area contributed by atoms with Gasteiger partial charge < -0.3 is 9.47 Å². The maximum absolute atomic E-state index is 9.17. The number of ether oxygens (including phenoxy) is 2. The molecule has 0 bridgehead atoms. The van der Waals surface area contributed by atoms with Crippen LogP contribution in [0.4, 0.5) is 0 Å². The smallest absolute Gasteiger partial charge is 0.302 e. The Labute approximate surface area is 192 Å². The highest BCUT2D eigenvalue weighted by atomic mass is 16.5. The second-order valence-electron chi connectivity index (χ2n) is 8.03. The van der Waals surface area contributed by atoms with E-state index in [9.17, 15) is 5.26 Å². The Balaban J connectivity index is 1.52. The molecule has 0 atom stereocenters. The minimum Gasteiger partial charge on any atom is -0.468 e. The highest BCUT2D eigenvalue weighted by Gasteiger charge is 2.19. The third-order valence-electron chi connectivity index (χ3n) is 6.05. The number of nitriles is 1. The number of rotatable bonds is 6. The molecule has 0 N–H and O–H groups in total. The van der Waals surface area contributed by atoms with Gasteiger partial charge in [0.25, 0.3) is 0 Å². The summed E-state index contributed by atoms with van der Waals surface area (Å²) in [5.74, 6) is 0. The number of fused-ring (bicyclic) bond motifs is 1. The molecule has 0 aliphatic carbocycles. The number of nitrogens with zero attached hydrogens (tertiary/aromatic N) is 5. The summed E-state index contributed by atoms with van der Waals surface area (Å²) in [6, 6.07) is 18.7. The number of methoxy groups -OCH3 is 1. The lowest BCUT2D eigenvalue weighted by molar-refractivity contribution is 0.0384. The SMILES string of the molecule is COc1nc(-c2ccc(C#N)cc2)c(-c2ccc(CCN3CCOCC3)cc2)c2nccn12. The molecule has 33 heavy (non-hydrogen) atoms. The van der Waals surface area contributed by atoms with Gasteiger partial charge in [-0.05, 0) is 29.7 Å². The fourth-order valence-electron chi connectivity index (χ4n) is 4.23. The molecule has 2 aromatic carbocycles. The monoisotopic (exact) mass is 439 g/mol. The molecule has 7 nitrogen and oxygen atoms in total. The second-order valence-corrected chi connectivity index (χ2v) is 8.03. The van der Waals surface area contributed by atoms with E-state index in [4.69, 9.17) is 14.5 Å². The van der Waals surface area contributed by atoms with Gasteiger partial charge in [0.1, 0.15) is 0 Å². The van der Waals surface area contributed by atoms with E-state index in [0.29, 0.717) is 11.6 Å². The number of aromatic nitrogens is 3. The lowest BCUT2D eigenvalue weighted by Gasteiger charge is -2.26. The summed E-state index contributed by atoms with van der Waals surface area (Å²) in [4.78, 5) is 11.9. The zero-order chi connectivity index (χ0) is 22.6. The van der Waals surface area contributed by atoms with Crippen LogP contribution in [-0.2, 0) is 11.2 Å². The minimum atomic E-state index is 0.466. The van der Waals surface area contributed by atoms with Crippen molar-refractivity contribution in [2.75, 3.05) is 40.0 Å². The quantitative estimate of drug-likeness (QED) is 0.455. The van der Waals surface area contributed by atoms with Crippen molar-refractivity contribution in [1.29, 1.82) is 5.26 Å². The first-order chi connectivity index (χ1) is 16.3. The van der Waals surface area contributed by atoms with E-state index in [2.05, 4.69) is 40.2 Å². The molecule has 0 spiro atoms. The molecule has 4 aromatic rings. The zero-order valence-corrected chi connectivity index (χ0v) is 18.6. The van der Waals surface area contributed by atoms with Crippen molar-refractivity contribution in [3.63, 3.8) is 0 Å². The molecule has 0 radical (unpaired) electrons. The van der Waals surface area contributed by atoms with Crippen molar-refractivity contribution in [3.05, 3.63) is 72.1 Å². The van der Waals surface area contributed by atoms with E-state index in [0.717, 1.165) is 67.3 Å². The zero-order valence-electron chi connectivity index (χ0n) is 18.6. The Bertz CT molecular complexity index is 1280. The van der Waals surface area contributed by atoms with Gasteiger partial charge >= 0.3 is 6.01 Å². The summed E-state index contributed by atoms with van der Waals surface area (Å²) in [5.41, 5.74) is 6.34. The summed E-state index contributed by atoms with van der Waals surface area (Å²) in [7, 11) is 1.60. The summed E-state index contributed by atoms with van der Waals surface area (Å²) < 4.78 is 12.8. The van der Waals surface area contributed by atoms with Crippen LogP contribution in [-0.4, -0.2) is 59.2 Å². The standard InChI is InChI=1S/C26H25N5O2/c1-32-26-29-24(22-8-4-20(18-27)5-9-22)23(25-28-11-13-31(25)26)21-6-2-19(3-7-21)10-12-30-14-16-33-17-15-30/h2-9,11,13H,10,12,14-17H2,1H3. The molecule has 1 fully saturated rings. The molecule has 0 amide bonds. The maximum Gasteiger partial charge on any atom is 0.302 e. The Morgan fingerprint density at radius 3 is 2.45 bits per heavy atom. The van der Waals surface area contributed by atoms with Gasteiger partial charge in [-0.15, -0.1) is 0 Å². The summed E-state index contributed by atoms with van der Waals surface area (Å²) in [6.07, 6.45) is 4.61. The molecule has 7 heteroatoms. The van der Waals surface area contributed by atoms with Gasteiger partial charge in [-0.1, -0.05) is 36.4 Å². The maximum atomic E-state index is 9.17. The first-order valence-electron chi connectivity index (χ1n) is 11.1. The van der Waals surface area contributed by atoms with Gasteiger partial charge in [0, 0.05) is 37.6 Å². The largest absolute Gasteiger partial charge is 0.468 e. The molecular formula is C26H25N5O2. The lowest BCUT2D eigenvalue weighted by Crippen LogP contribution is -2.37. The van der Waals surface area contributed by atoms with E-state index < -0.39 is 0 Å². The van der Waals surface area contributed by atoms with Gasteiger partial charge in [-0.3, -0.25) is 9.30 Å². The summed E-state index contributed by atoms with van der Waals surface area (Å²) in [5, 5.41) is 9.17. The van der Waals surface area contributed by atoms with Crippen molar-refractivity contribution in [2.24, 2.45) is 0 Å². The molecule has 1 saturated heterocycles. The van der Waals surface area contributed by atoms with Crippen LogP contribution in [0.2, 0.25) is 0 Å². The average molecular weight is 440 g/mol. The van der Waals surface area contributed by atoms with E-state index in [1.807, 2.05) is 22.7 Å². The van der Waals surface area contributed by atoms with E-state index in [1.54, 1.807) is 25.4 Å². The lowest BCUT2D eigenvalue weighted by atomic mass is 9.98. The van der Waals surface area contributed by atoms with Gasteiger partial charge in [0.05, 0.1) is 43.2 Å². The van der Waals surface area contributed by atoms with Gasteiger partial charge in [0.2, 0.25) is 0 Å². The van der Waals surface area contributed by atoms with E-state index in [1.165, 1.54) is 5.56 Å². The number of benzene rings is 2. The number of hydrogen-bond acceptors (Lipinski definition) is 6. The van der Waals surface area contributed by atoms with Crippen LogP contribution in [0.15, 0.2) is 60.9 Å². The van der Waals surface area contributed by atoms with Crippen LogP contribution < -0.4 is 4.74 Å². The Morgan fingerprint density at radius 1 is 1.03 bits per heavy atom. The van der Waals surface area contributed by atoms with Crippen molar-refractivity contribution < 1.29 is 9.47 Å². The predicted octanol–water partition coefficient (Wildman–Crippen LogP) is 3.82. The third-order valence-corrected chi connectivity index (χ3v) is 6.05. The van der Waals surface area contributed by atoms with Crippen LogP contribution in [0.5, 0.6) is 6.01 Å². The van der Waals surface area contributed by atoms with Crippen molar-refractivity contribution >= 4 is 5.65 Å². The minimum absolute atomic E-state index is 0.466. The molecule has 166 valence electrons. The Morgan fingerprint density at radius 2 is 1.76 bits per heavy atom. The van der Waals surface area contributed by atoms with E-state index >= 15 is 0 Å². The third kappa shape index (κ3) is 4.31. The molecule has 0 unspecified atom stereocenters. The Hall–Kier alpha value is -3.73. The summed E-state index contributed by atoms with van der Waals surface area (Å²) in [6.45, 7) is 4.68. The van der Waals surface area contributed by atoms with Crippen molar-refractivity contribution in [1.82, 2.24) is 19.3 Å². The van der Waals surface area contributed by atoms with Crippen LogP contribution in [0, 0.1) is 11.3 Å². The van der Waals surface area contributed by atoms with Gasteiger partial charge in [-0.25, -0.2) is 4.98 Å². The number of hydrogen-bond donors (Lipinski definition) is 0. The molecule has 1 aliphatic heterocycles. The summed E-state index contributed by atoms with van der Waals surface area (Å²) >= 11 is 0. The van der Waals surface area contributed by atoms with Crippen LogP contribution in [0.25, 0.3) is 28.0 Å². The van der Waals surface area contributed by atoms with Gasteiger partial charge in [-0.2, -0.15) is 10.2 Å². The normalized spacial score (nSPS) is 14.3. The topological polar surface area (TPSA) is 75.7 Å². The molecule has 1 aliphatic rings. The van der Waals surface area contributed by atoms with Gasteiger partial charge in [0.15, 0.2) is 5.65 Å². The van der Waals surface area contributed by atoms with E-state index in [-0.39, 0.29) is 0 Å². The first-order valence-corrected chi connectivity index (χ1v) is 11.1. The fourth-order valence-corrected chi connectivity index (χ4v) is 4.23. The fraction of sp³-hybridized carbons (Fsp3) is 0.269. The van der Waals surface area contributed by atoms with Crippen molar-refractivity contribution in [3.8, 4) is 34.5 Å². The highest BCUT2D eigenvalue weighted by Crippen LogP contribution is 2.36. The molecule has 2 aromatic heterocycles.